The first-order valence-corrected chi connectivity index (χ1v) is 10.7. The van der Waals surface area contributed by atoms with Gasteiger partial charge in [-0.05, 0) is 75.6 Å². The van der Waals surface area contributed by atoms with Gasteiger partial charge in [0.05, 0.1) is 30.9 Å². The summed E-state index contributed by atoms with van der Waals surface area (Å²) >= 11 is 0. The highest BCUT2D eigenvalue weighted by molar-refractivity contribution is 6.16. The molecular formula is C25H27FN2O4. The molecule has 1 atom stereocenters. The summed E-state index contributed by atoms with van der Waals surface area (Å²) in [6, 6.07) is 8.20. The number of aryl methyl sites for hydroxylation is 1. The highest BCUT2D eigenvalue weighted by Crippen LogP contribution is 2.34. The quantitative estimate of drug-likeness (QED) is 0.521. The van der Waals surface area contributed by atoms with Gasteiger partial charge in [0.15, 0.2) is 0 Å². The van der Waals surface area contributed by atoms with Crippen LogP contribution in [0.3, 0.4) is 0 Å². The highest BCUT2D eigenvalue weighted by atomic mass is 19.1. The number of allylic oxidation sites excluding steroid dienone is 1. The van der Waals surface area contributed by atoms with Crippen LogP contribution in [0.4, 0.5) is 4.39 Å². The van der Waals surface area contributed by atoms with E-state index in [1.54, 1.807) is 30.0 Å². The summed E-state index contributed by atoms with van der Waals surface area (Å²) in [7, 11) is 1.31. The van der Waals surface area contributed by atoms with Crippen LogP contribution in [0.1, 0.15) is 36.7 Å². The average molecular weight is 438 g/mol. The first-order valence-electron chi connectivity index (χ1n) is 10.7. The number of aromatic nitrogens is 1. The lowest BCUT2D eigenvalue weighted by Gasteiger charge is -2.21. The number of nitrogens with zero attached hydrogens (tertiary/aromatic N) is 2. The Kier molecular flexibility index (Phi) is 6.02. The Balaban J connectivity index is 1.75. The Morgan fingerprint density at radius 3 is 2.59 bits per heavy atom. The zero-order valence-corrected chi connectivity index (χ0v) is 18.8. The zero-order chi connectivity index (χ0) is 23.0. The van der Waals surface area contributed by atoms with E-state index in [-0.39, 0.29) is 23.4 Å². The second kappa shape index (κ2) is 8.74. The Labute approximate surface area is 186 Å². The summed E-state index contributed by atoms with van der Waals surface area (Å²) in [6.45, 7) is 6.75. The molecule has 4 rings (SSSR count). The van der Waals surface area contributed by atoms with Crippen molar-refractivity contribution in [2.24, 2.45) is 0 Å². The lowest BCUT2D eigenvalue weighted by Crippen LogP contribution is -2.33. The first kappa shape index (κ1) is 22.0. The van der Waals surface area contributed by atoms with E-state index < -0.39 is 5.97 Å². The average Bonchev–Trinajstić information content (AvgIpc) is 3.44. The molecule has 0 N–H and O–H groups in total. The summed E-state index contributed by atoms with van der Waals surface area (Å²) < 4.78 is 26.1. The highest BCUT2D eigenvalue weighted by Gasteiger charge is 2.38. The molecular weight excluding hydrogens is 411 g/mol. The normalized spacial score (nSPS) is 20.0. The lowest BCUT2D eigenvalue weighted by molar-refractivity contribution is -0.136. The molecule has 168 valence electrons. The minimum atomic E-state index is -0.538. The molecule has 1 fully saturated rings. The summed E-state index contributed by atoms with van der Waals surface area (Å²) in [4.78, 5) is 27.6. The molecule has 3 heterocycles. The topological polar surface area (TPSA) is 60.8 Å². The second-order valence-electron chi connectivity index (χ2n) is 8.20. The van der Waals surface area contributed by atoms with Crippen molar-refractivity contribution in [3.63, 3.8) is 0 Å². The number of ether oxygens (including phenoxy) is 2. The van der Waals surface area contributed by atoms with E-state index in [0.29, 0.717) is 24.4 Å². The summed E-state index contributed by atoms with van der Waals surface area (Å²) in [5, 5.41) is 0. The van der Waals surface area contributed by atoms with Crippen LogP contribution in [0.5, 0.6) is 0 Å². The molecule has 2 aliphatic rings. The van der Waals surface area contributed by atoms with Gasteiger partial charge in [0, 0.05) is 29.4 Å². The smallest absolute Gasteiger partial charge is 0.340 e. The van der Waals surface area contributed by atoms with Crippen molar-refractivity contribution in [3.8, 4) is 5.69 Å². The third-order valence-corrected chi connectivity index (χ3v) is 6.17. The van der Waals surface area contributed by atoms with E-state index in [4.69, 9.17) is 9.47 Å². The summed E-state index contributed by atoms with van der Waals surface area (Å²) in [5.41, 5.74) is 4.62. The lowest BCUT2D eigenvalue weighted by atomic mass is 10.0. The van der Waals surface area contributed by atoms with Crippen LogP contribution in [0.15, 0.2) is 47.2 Å². The van der Waals surface area contributed by atoms with Gasteiger partial charge in [-0.15, -0.1) is 0 Å². The minimum absolute atomic E-state index is 0.0318. The number of amides is 1. The first-order chi connectivity index (χ1) is 15.3. The maximum atomic E-state index is 13.4. The molecule has 1 amide bonds. The molecule has 0 aliphatic carbocycles. The van der Waals surface area contributed by atoms with E-state index in [1.165, 1.54) is 19.2 Å². The van der Waals surface area contributed by atoms with Gasteiger partial charge in [-0.25, -0.2) is 9.18 Å². The zero-order valence-electron chi connectivity index (χ0n) is 18.8. The van der Waals surface area contributed by atoms with Gasteiger partial charge in [-0.1, -0.05) is 0 Å². The van der Waals surface area contributed by atoms with Crippen LogP contribution < -0.4 is 0 Å². The molecule has 6 nitrogen and oxygen atoms in total. The number of rotatable bonds is 5. The Bertz CT molecular complexity index is 1120. The number of benzene rings is 1. The summed E-state index contributed by atoms with van der Waals surface area (Å²) in [6.07, 6.45) is 3.58. The predicted molar refractivity (Wildman–Crippen MR) is 119 cm³/mol. The molecule has 0 saturated carbocycles. The van der Waals surface area contributed by atoms with Crippen LogP contribution in [0.25, 0.3) is 11.8 Å². The number of esters is 1. The third-order valence-electron chi connectivity index (χ3n) is 6.17. The van der Waals surface area contributed by atoms with E-state index in [0.717, 1.165) is 35.5 Å². The summed E-state index contributed by atoms with van der Waals surface area (Å²) in [5.74, 6) is -1.07. The molecule has 0 radical (unpaired) electrons. The number of hydrogen-bond donors (Lipinski definition) is 0. The molecule has 0 bridgehead atoms. The van der Waals surface area contributed by atoms with E-state index in [2.05, 4.69) is 0 Å². The maximum absolute atomic E-state index is 13.4. The molecule has 1 aromatic heterocycles. The maximum Gasteiger partial charge on any atom is 0.340 e. The molecule has 1 saturated heterocycles. The molecule has 2 aromatic rings. The van der Waals surface area contributed by atoms with Crippen molar-refractivity contribution >= 4 is 18.0 Å². The van der Waals surface area contributed by atoms with Gasteiger partial charge in [-0.3, -0.25) is 4.79 Å². The Morgan fingerprint density at radius 1 is 1.25 bits per heavy atom. The van der Waals surface area contributed by atoms with Crippen molar-refractivity contribution in [1.82, 2.24) is 9.47 Å². The van der Waals surface area contributed by atoms with Gasteiger partial charge in [0.25, 0.3) is 5.91 Å². The SMILES string of the molecule is COC(=O)C1=C(C)N(CC2CCCO2)C(=O)/C1=C\c1cc(C)n(-c2ccc(F)cc2)c1C. The van der Waals surface area contributed by atoms with Gasteiger partial charge in [-0.2, -0.15) is 0 Å². The van der Waals surface area contributed by atoms with E-state index in [9.17, 15) is 14.0 Å². The van der Waals surface area contributed by atoms with E-state index in [1.807, 2.05) is 24.5 Å². The second-order valence-corrected chi connectivity index (χ2v) is 8.20. The largest absolute Gasteiger partial charge is 0.465 e. The van der Waals surface area contributed by atoms with Crippen molar-refractivity contribution in [2.75, 3.05) is 20.3 Å². The fourth-order valence-corrected chi connectivity index (χ4v) is 4.52. The fourth-order valence-electron chi connectivity index (χ4n) is 4.52. The third kappa shape index (κ3) is 3.88. The molecule has 1 aromatic carbocycles. The van der Waals surface area contributed by atoms with Crippen LogP contribution in [0.2, 0.25) is 0 Å². The molecule has 0 spiro atoms. The van der Waals surface area contributed by atoms with Crippen LogP contribution in [0, 0.1) is 19.7 Å². The monoisotopic (exact) mass is 438 g/mol. The Morgan fingerprint density at radius 2 is 1.97 bits per heavy atom. The minimum Gasteiger partial charge on any atom is -0.465 e. The number of carbonyl (C=O) groups is 2. The van der Waals surface area contributed by atoms with Gasteiger partial charge < -0.3 is 18.9 Å². The molecule has 1 unspecified atom stereocenters. The predicted octanol–water partition coefficient (Wildman–Crippen LogP) is 4.08. The van der Waals surface area contributed by atoms with Crippen molar-refractivity contribution in [2.45, 2.75) is 39.7 Å². The number of hydrogen-bond acceptors (Lipinski definition) is 4. The van der Waals surface area contributed by atoms with Gasteiger partial charge >= 0.3 is 5.97 Å². The van der Waals surface area contributed by atoms with Crippen molar-refractivity contribution < 1.29 is 23.5 Å². The van der Waals surface area contributed by atoms with E-state index >= 15 is 0 Å². The number of halogens is 1. The Hall–Kier alpha value is -3.19. The standard InChI is InChI=1S/C25H27FN2O4/c1-15-12-18(16(2)28(15)20-9-7-19(26)8-10-20)13-22-23(25(30)31-4)17(3)27(24(22)29)14-21-6-5-11-32-21/h7-10,12-13,21H,5-6,11,14H2,1-4H3/b22-13-. The van der Waals surface area contributed by atoms with Crippen LogP contribution in [-0.4, -0.2) is 47.7 Å². The van der Waals surface area contributed by atoms with Crippen LogP contribution in [-0.2, 0) is 19.1 Å². The van der Waals surface area contributed by atoms with Gasteiger partial charge in [0.1, 0.15) is 5.82 Å². The number of methoxy groups -OCH3 is 1. The number of carbonyl (C=O) groups excluding carboxylic acids is 2. The molecule has 2 aliphatic heterocycles. The van der Waals surface area contributed by atoms with Gasteiger partial charge in [0.2, 0.25) is 0 Å². The molecule has 7 heteroatoms. The fraction of sp³-hybridized carbons (Fsp3) is 0.360. The van der Waals surface area contributed by atoms with Crippen LogP contribution >= 0.6 is 0 Å². The van der Waals surface area contributed by atoms with Crippen molar-refractivity contribution in [3.05, 3.63) is 69.9 Å². The molecule has 32 heavy (non-hydrogen) atoms. The van der Waals surface area contributed by atoms with Crippen molar-refractivity contribution in [1.29, 1.82) is 0 Å².